The Balaban J connectivity index is 1.56. The summed E-state index contributed by atoms with van der Waals surface area (Å²) in [5, 5.41) is 15.9. The van der Waals surface area contributed by atoms with E-state index in [9.17, 15) is 5.11 Å². The zero-order chi connectivity index (χ0) is 17.5. The minimum atomic E-state index is 0.285. The second kappa shape index (κ2) is 8.10. The van der Waals surface area contributed by atoms with Gasteiger partial charge < -0.3 is 15.7 Å². The minimum Gasteiger partial charge on any atom is -0.508 e. The number of nitrogens with zero attached hydrogens (tertiary/aromatic N) is 3. The molecule has 0 saturated heterocycles. The lowest BCUT2D eigenvalue weighted by Crippen LogP contribution is -2.10. The summed E-state index contributed by atoms with van der Waals surface area (Å²) in [5.41, 5.74) is 3.23. The van der Waals surface area contributed by atoms with Gasteiger partial charge in [-0.25, -0.2) is 4.98 Å². The molecule has 0 bridgehead atoms. The molecule has 3 rings (SSSR count). The quantitative estimate of drug-likeness (QED) is 0.615. The van der Waals surface area contributed by atoms with Gasteiger partial charge in [-0.3, -0.25) is 4.98 Å². The molecule has 3 aromatic rings. The van der Waals surface area contributed by atoms with Crippen molar-refractivity contribution in [3.05, 3.63) is 71.7 Å². The highest BCUT2D eigenvalue weighted by Crippen LogP contribution is 2.14. The summed E-state index contributed by atoms with van der Waals surface area (Å²) in [5.74, 6) is 1.69. The predicted octanol–water partition coefficient (Wildman–Crippen LogP) is 3.15. The zero-order valence-corrected chi connectivity index (χ0v) is 14.1. The van der Waals surface area contributed by atoms with Crippen LogP contribution in [0.5, 0.6) is 5.75 Å². The summed E-state index contributed by atoms with van der Waals surface area (Å²) < 4.78 is 0. The van der Waals surface area contributed by atoms with Crippen molar-refractivity contribution >= 4 is 11.8 Å². The Morgan fingerprint density at radius 2 is 1.84 bits per heavy atom. The van der Waals surface area contributed by atoms with Gasteiger partial charge in [-0.2, -0.15) is 4.98 Å². The maximum absolute atomic E-state index is 9.32. The maximum atomic E-state index is 9.32. The summed E-state index contributed by atoms with van der Waals surface area (Å²) in [6.07, 6.45) is 6.23. The summed E-state index contributed by atoms with van der Waals surface area (Å²) in [4.78, 5) is 13.0. The third-order valence-corrected chi connectivity index (χ3v) is 3.79. The molecule has 3 N–H and O–H groups in total. The van der Waals surface area contributed by atoms with E-state index >= 15 is 0 Å². The van der Waals surface area contributed by atoms with Crippen molar-refractivity contribution in [3.63, 3.8) is 0 Å². The van der Waals surface area contributed by atoms with Crippen LogP contribution in [0.1, 0.15) is 16.7 Å². The van der Waals surface area contributed by atoms with Gasteiger partial charge in [0.25, 0.3) is 0 Å². The molecular weight excluding hydrogens is 314 g/mol. The lowest BCUT2D eigenvalue weighted by Gasteiger charge is -2.11. The third kappa shape index (κ3) is 4.91. The lowest BCUT2D eigenvalue weighted by molar-refractivity contribution is 0.475. The molecule has 0 amide bonds. The molecule has 0 aliphatic carbocycles. The molecule has 2 heterocycles. The van der Waals surface area contributed by atoms with Crippen molar-refractivity contribution in [2.45, 2.75) is 19.9 Å². The number of hydrogen-bond donors (Lipinski definition) is 3. The Morgan fingerprint density at radius 3 is 2.60 bits per heavy atom. The van der Waals surface area contributed by atoms with Gasteiger partial charge in [-0.1, -0.05) is 18.2 Å². The number of aromatic nitrogens is 3. The first-order chi connectivity index (χ1) is 12.2. The van der Waals surface area contributed by atoms with E-state index in [4.69, 9.17) is 0 Å². The number of rotatable bonds is 7. The number of aromatic hydroxyl groups is 1. The lowest BCUT2D eigenvalue weighted by atomic mass is 10.1. The van der Waals surface area contributed by atoms with E-state index in [1.165, 1.54) is 0 Å². The standard InChI is InChI=1S/C19H21N5O/c1-14-11-22-19(23-13-16-3-2-9-20-12-16)24-18(14)21-10-8-15-4-6-17(25)7-5-15/h2-7,9,11-12,25H,8,10,13H2,1H3,(H2,21,22,23,24). The fraction of sp³-hybridized carbons (Fsp3) is 0.211. The summed E-state index contributed by atoms with van der Waals surface area (Å²) in [6, 6.07) is 11.2. The monoisotopic (exact) mass is 335 g/mol. The minimum absolute atomic E-state index is 0.285. The van der Waals surface area contributed by atoms with Crippen molar-refractivity contribution in [2.75, 3.05) is 17.2 Å². The number of phenols is 1. The summed E-state index contributed by atoms with van der Waals surface area (Å²) in [6.45, 7) is 3.36. The van der Waals surface area contributed by atoms with Crippen LogP contribution in [0.2, 0.25) is 0 Å². The van der Waals surface area contributed by atoms with Crippen LogP contribution in [0, 0.1) is 6.92 Å². The molecule has 2 aromatic heterocycles. The van der Waals surface area contributed by atoms with Gasteiger partial charge in [0, 0.05) is 37.2 Å². The van der Waals surface area contributed by atoms with E-state index in [1.54, 1.807) is 18.3 Å². The molecular formula is C19H21N5O. The molecule has 0 spiro atoms. The van der Waals surface area contributed by atoms with Crippen molar-refractivity contribution in [3.8, 4) is 5.75 Å². The Bertz CT molecular complexity index is 806. The molecule has 6 nitrogen and oxygen atoms in total. The first kappa shape index (κ1) is 16.7. The van der Waals surface area contributed by atoms with Gasteiger partial charge in [0.1, 0.15) is 11.6 Å². The topological polar surface area (TPSA) is 83.0 Å². The second-order valence-electron chi connectivity index (χ2n) is 5.78. The van der Waals surface area contributed by atoms with E-state index in [0.29, 0.717) is 12.5 Å². The number of phenolic OH excluding ortho intramolecular Hbond substituents is 1. The highest BCUT2D eigenvalue weighted by Gasteiger charge is 2.04. The smallest absolute Gasteiger partial charge is 0.224 e. The van der Waals surface area contributed by atoms with Gasteiger partial charge in [-0.05, 0) is 42.7 Å². The molecule has 0 unspecified atom stereocenters. The Hall–Kier alpha value is -3.15. The van der Waals surface area contributed by atoms with E-state index < -0.39 is 0 Å². The van der Waals surface area contributed by atoms with Gasteiger partial charge in [0.2, 0.25) is 5.95 Å². The fourth-order valence-corrected chi connectivity index (χ4v) is 2.38. The fourth-order valence-electron chi connectivity index (χ4n) is 2.38. The van der Waals surface area contributed by atoms with Crippen LogP contribution in [-0.2, 0) is 13.0 Å². The molecule has 128 valence electrons. The second-order valence-corrected chi connectivity index (χ2v) is 5.78. The van der Waals surface area contributed by atoms with Crippen LogP contribution in [0.25, 0.3) is 0 Å². The number of pyridine rings is 1. The molecule has 0 radical (unpaired) electrons. The molecule has 1 aromatic carbocycles. The van der Waals surface area contributed by atoms with Crippen molar-refractivity contribution < 1.29 is 5.11 Å². The predicted molar refractivity (Wildman–Crippen MR) is 98.6 cm³/mol. The first-order valence-corrected chi connectivity index (χ1v) is 8.19. The molecule has 25 heavy (non-hydrogen) atoms. The average molecular weight is 335 g/mol. The highest BCUT2D eigenvalue weighted by molar-refractivity contribution is 5.46. The molecule has 0 fully saturated rings. The van der Waals surface area contributed by atoms with E-state index in [2.05, 4.69) is 25.6 Å². The van der Waals surface area contributed by atoms with Crippen LogP contribution in [-0.4, -0.2) is 26.6 Å². The van der Waals surface area contributed by atoms with Crippen molar-refractivity contribution in [1.29, 1.82) is 0 Å². The van der Waals surface area contributed by atoms with Crippen molar-refractivity contribution in [1.82, 2.24) is 15.0 Å². The van der Waals surface area contributed by atoms with Crippen molar-refractivity contribution in [2.24, 2.45) is 0 Å². The third-order valence-electron chi connectivity index (χ3n) is 3.79. The molecule has 0 saturated carbocycles. The average Bonchev–Trinajstić information content (AvgIpc) is 2.64. The number of aryl methyl sites for hydroxylation is 1. The first-order valence-electron chi connectivity index (χ1n) is 8.19. The summed E-state index contributed by atoms with van der Waals surface area (Å²) in [7, 11) is 0. The molecule has 0 atom stereocenters. The normalized spacial score (nSPS) is 10.4. The van der Waals surface area contributed by atoms with Crippen LogP contribution in [0.15, 0.2) is 55.0 Å². The molecule has 0 aliphatic heterocycles. The largest absolute Gasteiger partial charge is 0.508 e. The van der Waals surface area contributed by atoms with E-state index in [1.807, 2.05) is 43.6 Å². The van der Waals surface area contributed by atoms with Crippen LogP contribution in [0.3, 0.4) is 0 Å². The van der Waals surface area contributed by atoms with Gasteiger partial charge >= 0.3 is 0 Å². The number of hydrogen-bond acceptors (Lipinski definition) is 6. The van der Waals surface area contributed by atoms with E-state index in [0.717, 1.165) is 35.5 Å². The zero-order valence-electron chi connectivity index (χ0n) is 14.1. The van der Waals surface area contributed by atoms with E-state index in [-0.39, 0.29) is 5.75 Å². The Kier molecular flexibility index (Phi) is 5.41. The van der Waals surface area contributed by atoms with Gasteiger partial charge in [0.05, 0.1) is 0 Å². The molecule has 0 aliphatic rings. The Labute approximate surface area is 147 Å². The van der Waals surface area contributed by atoms with Crippen LogP contribution < -0.4 is 10.6 Å². The van der Waals surface area contributed by atoms with Gasteiger partial charge in [-0.15, -0.1) is 0 Å². The number of anilines is 2. The van der Waals surface area contributed by atoms with Gasteiger partial charge in [0.15, 0.2) is 0 Å². The molecule has 6 heteroatoms. The highest BCUT2D eigenvalue weighted by atomic mass is 16.3. The Morgan fingerprint density at radius 1 is 1.00 bits per heavy atom. The SMILES string of the molecule is Cc1cnc(NCc2cccnc2)nc1NCCc1ccc(O)cc1. The maximum Gasteiger partial charge on any atom is 0.224 e. The summed E-state index contributed by atoms with van der Waals surface area (Å²) >= 11 is 0. The number of nitrogens with one attached hydrogen (secondary N) is 2. The van der Waals surface area contributed by atoms with Crippen LogP contribution >= 0.6 is 0 Å². The van der Waals surface area contributed by atoms with Crippen LogP contribution in [0.4, 0.5) is 11.8 Å². The number of benzene rings is 1.